The van der Waals surface area contributed by atoms with Gasteiger partial charge >= 0.3 is 0 Å². The number of nitrogens with zero attached hydrogens (tertiary/aromatic N) is 2. The molecule has 1 aliphatic carbocycles. The Hall–Kier alpha value is -1.96. The van der Waals surface area contributed by atoms with Gasteiger partial charge in [0.15, 0.2) is 5.11 Å². The van der Waals surface area contributed by atoms with E-state index in [4.69, 9.17) is 17.0 Å². The monoisotopic (exact) mass is 499 g/mol. The second-order valence-corrected chi connectivity index (χ2v) is 9.93. The first-order chi connectivity index (χ1) is 14.7. The Morgan fingerprint density at radius 2 is 1.93 bits per heavy atom. The van der Waals surface area contributed by atoms with Gasteiger partial charge in [-0.05, 0) is 96.3 Å². The molecule has 2 aromatic heterocycles. The summed E-state index contributed by atoms with van der Waals surface area (Å²) in [6, 6.07) is 16.5. The Balaban J connectivity index is 1.46. The number of nitrogens with one attached hydrogen (secondary N) is 1. The lowest BCUT2D eigenvalue weighted by atomic mass is 10.0. The number of thiophene rings is 1. The number of halogens is 1. The van der Waals surface area contributed by atoms with Crippen LogP contribution >= 0.6 is 39.5 Å². The summed E-state index contributed by atoms with van der Waals surface area (Å²) in [6.45, 7) is 0. The third-order valence-corrected chi connectivity index (χ3v) is 7.78. The van der Waals surface area contributed by atoms with Crippen molar-refractivity contribution in [3.63, 3.8) is 0 Å². The lowest BCUT2D eigenvalue weighted by Crippen LogP contribution is -2.29. The van der Waals surface area contributed by atoms with Crippen LogP contribution in [0.5, 0.6) is 5.75 Å². The van der Waals surface area contributed by atoms with Crippen molar-refractivity contribution in [3.8, 4) is 5.75 Å². The second-order valence-electron chi connectivity index (χ2n) is 7.68. The molecule has 1 saturated heterocycles. The highest BCUT2D eigenvalue weighted by Crippen LogP contribution is 2.44. The second kappa shape index (κ2) is 8.65. The minimum Gasteiger partial charge on any atom is -0.490 e. The van der Waals surface area contributed by atoms with Crippen LogP contribution in [-0.2, 0) is 0 Å². The summed E-state index contributed by atoms with van der Waals surface area (Å²) in [4.78, 5) is 8.03. The first-order valence-electron chi connectivity index (χ1n) is 10.2. The third kappa shape index (κ3) is 3.98. The van der Waals surface area contributed by atoms with Crippen LogP contribution in [0.3, 0.4) is 0 Å². The highest BCUT2D eigenvalue weighted by atomic mass is 79.9. The van der Waals surface area contributed by atoms with Crippen LogP contribution in [0.2, 0.25) is 0 Å². The standard InChI is InChI=1S/C23H22BrN3OS2/c24-15-13-20(30-14-15)22-21(19-7-3-4-12-25-19)26-23(29)27(22)16-8-10-18(11-9-16)28-17-5-1-2-6-17/h3-4,7-14,17,21-22H,1-2,5-6H2,(H,26,29)/t21-,22+/m1/s1. The van der Waals surface area contributed by atoms with E-state index >= 15 is 0 Å². The summed E-state index contributed by atoms with van der Waals surface area (Å²) in [5.41, 5.74) is 2.04. The predicted molar refractivity (Wildman–Crippen MR) is 129 cm³/mol. The molecule has 0 radical (unpaired) electrons. The number of rotatable bonds is 5. The van der Waals surface area contributed by atoms with Gasteiger partial charge in [0.05, 0.1) is 23.9 Å². The first kappa shape index (κ1) is 20.0. The Labute approximate surface area is 194 Å². The summed E-state index contributed by atoms with van der Waals surface area (Å²) in [5.74, 6) is 0.931. The summed E-state index contributed by atoms with van der Waals surface area (Å²) in [7, 11) is 0. The number of aromatic nitrogens is 1. The van der Waals surface area contributed by atoms with Crippen molar-refractivity contribution in [2.45, 2.75) is 43.9 Å². The molecular formula is C23H22BrN3OS2. The van der Waals surface area contributed by atoms with Crippen molar-refractivity contribution < 1.29 is 4.74 Å². The average Bonchev–Trinajstić information content (AvgIpc) is 3.50. The number of benzene rings is 1. The zero-order valence-electron chi connectivity index (χ0n) is 16.3. The zero-order chi connectivity index (χ0) is 20.5. The summed E-state index contributed by atoms with van der Waals surface area (Å²) >= 11 is 11.1. The molecule has 4 nitrogen and oxygen atoms in total. The number of anilines is 1. The van der Waals surface area contributed by atoms with E-state index in [2.05, 4.69) is 72.9 Å². The van der Waals surface area contributed by atoms with Gasteiger partial charge in [0.2, 0.25) is 0 Å². The average molecular weight is 500 g/mol. The van der Waals surface area contributed by atoms with E-state index in [1.54, 1.807) is 11.3 Å². The van der Waals surface area contributed by atoms with E-state index in [0.29, 0.717) is 11.2 Å². The van der Waals surface area contributed by atoms with E-state index in [0.717, 1.165) is 34.4 Å². The lowest BCUT2D eigenvalue weighted by molar-refractivity contribution is 0.210. The van der Waals surface area contributed by atoms with E-state index in [1.165, 1.54) is 17.7 Å². The van der Waals surface area contributed by atoms with E-state index in [9.17, 15) is 0 Å². The molecule has 0 bridgehead atoms. The highest BCUT2D eigenvalue weighted by Gasteiger charge is 2.41. The van der Waals surface area contributed by atoms with Crippen LogP contribution in [0.25, 0.3) is 0 Å². The van der Waals surface area contributed by atoms with Gasteiger partial charge in [0.1, 0.15) is 5.75 Å². The fraction of sp³-hybridized carbons (Fsp3) is 0.304. The van der Waals surface area contributed by atoms with Gasteiger partial charge < -0.3 is 15.0 Å². The molecule has 154 valence electrons. The van der Waals surface area contributed by atoms with Crippen molar-refractivity contribution in [1.29, 1.82) is 0 Å². The predicted octanol–water partition coefficient (Wildman–Crippen LogP) is 6.40. The van der Waals surface area contributed by atoms with Crippen LogP contribution in [0.1, 0.15) is 48.3 Å². The molecule has 5 rings (SSSR count). The zero-order valence-corrected chi connectivity index (χ0v) is 19.6. The SMILES string of the molecule is S=C1N[C@H](c2ccccn2)[C@H](c2cc(Br)cs2)N1c1ccc(OC2CCCC2)cc1. The molecule has 7 heteroatoms. The molecule has 30 heavy (non-hydrogen) atoms. The fourth-order valence-corrected chi connectivity index (χ4v) is 6.21. The van der Waals surface area contributed by atoms with Crippen LogP contribution in [-0.4, -0.2) is 16.2 Å². The maximum Gasteiger partial charge on any atom is 0.174 e. The molecule has 0 unspecified atom stereocenters. The molecule has 3 aromatic rings. The molecule has 0 amide bonds. The Bertz CT molecular complexity index is 1020. The van der Waals surface area contributed by atoms with Gasteiger partial charge in [0, 0.05) is 26.6 Å². The molecule has 3 heterocycles. The van der Waals surface area contributed by atoms with Crippen molar-refractivity contribution in [3.05, 3.63) is 75.2 Å². The molecule has 1 aromatic carbocycles. The third-order valence-electron chi connectivity index (χ3n) is 5.70. The van der Waals surface area contributed by atoms with Gasteiger partial charge in [-0.2, -0.15) is 0 Å². The highest BCUT2D eigenvalue weighted by molar-refractivity contribution is 9.10. The molecular weight excluding hydrogens is 478 g/mol. The van der Waals surface area contributed by atoms with E-state index < -0.39 is 0 Å². The number of thiocarbonyl (C=S) groups is 1. The van der Waals surface area contributed by atoms with Gasteiger partial charge in [-0.1, -0.05) is 6.07 Å². The summed E-state index contributed by atoms with van der Waals surface area (Å²) in [6.07, 6.45) is 7.04. The minimum atomic E-state index is -0.0151. The van der Waals surface area contributed by atoms with Crippen molar-refractivity contribution in [1.82, 2.24) is 10.3 Å². The topological polar surface area (TPSA) is 37.4 Å². The summed E-state index contributed by atoms with van der Waals surface area (Å²) < 4.78 is 7.23. The van der Waals surface area contributed by atoms with Crippen LogP contribution in [0.4, 0.5) is 5.69 Å². The minimum absolute atomic E-state index is 0.0151. The Morgan fingerprint density at radius 3 is 2.60 bits per heavy atom. The molecule has 2 atom stereocenters. The van der Waals surface area contributed by atoms with Crippen LogP contribution in [0, 0.1) is 0 Å². The smallest absolute Gasteiger partial charge is 0.174 e. The van der Waals surface area contributed by atoms with Crippen molar-refractivity contribution in [2.24, 2.45) is 0 Å². The molecule has 0 spiro atoms. The first-order valence-corrected chi connectivity index (χ1v) is 12.3. The van der Waals surface area contributed by atoms with Gasteiger partial charge in [-0.25, -0.2) is 0 Å². The largest absolute Gasteiger partial charge is 0.490 e. The molecule has 1 saturated carbocycles. The molecule has 1 aliphatic heterocycles. The molecule has 2 fully saturated rings. The van der Waals surface area contributed by atoms with E-state index in [1.807, 2.05) is 18.3 Å². The Morgan fingerprint density at radius 1 is 1.13 bits per heavy atom. The maximum absolute atomic E-state index is 6.14. The van der Waals surface area contributed by atoms with Gasteiger partial charge in [0.25, 0.3) is 0 Å². The maximum atomic E-state index is 6.14. The number of pyridine rings is 1. The Kier molecular flexibility index (Phi) is 5.76. The molecule has 2 aliphatic rings. The normalized spacial score (nSPS) is 21.8. The van der Waals surface area contributed by atoms with Crippen LogP contribution in [0.15, 0.2) is 64.6 Å². The number of hydrogen-bond donors (Lipinski definition) is 1. The van der Waals surface area contributed by atoms with E-state index in [-0.39, 0.29) is 12.1 Å². The van der Waals surface area contributed by atoms with Gasteiger partial charge in [-0.3, -0.25) is 4.98 Å². The quantitative estimate of drug-likeness (QED) is 0.410. The number of ether oxygens (including phenoxy) is 1. The lowest BCUT2D eigenvalue weighted by Gasteiger charge is -2.27. The summed E-state index contributed by atoms with van der Waals surface area (Å²) in [5, 5.41) is 6.33. The van der Waals surface area contributed by atoms with Gasteiger partial charge in [-0.15, -0.1) is 11.3 Å². The van der Waals surface area contributed by atoms with Crippen LogP contribution < -0.4 is 15.0 Å². The number of hydrogen-bond acceptors (Lipinski definition) is 4. The van der Waals surface area contributed by atoms with Crippen molar-refractivity contribution >= 4 is 50.3 Å². The van der Waals surface area contributed by atoms with Crippen molar-refractivity contribution in [2.75, 3.05) is 4.90 Å². The molecule has 1 N–H and O–H groups in total. The fourth-order valence-electron chi connectivity index (χ4n) is 4.29.